The predicted molar refractivity (Wildman–Crippen MR) is 75.7 cm³/mol. The fourth-order valence-corrected chi connectivity index (χ4v) is 3.27. The van der Waals surface area contributed by atoms with Gasteiger partial charge in [-0.15, -0.1) is 11.3 Å². The lowest BCUT2D eigenvalue weighted by Crippen LogP contribution is -2.21. The first kappa shape index (κ1) is 12.0. The highest BCUT2D eigenvalue weighted by atomic mass is 35.5. The van der Waals surface area contributed by atoms with Crippen LogP contribution in [0.3, 0.4) is 0 Å². The highest BCUT2D eigenvalue weighted by Crippen LogP contribution is 2.32. The van der Waals surface area contributed by atoms with Gasteiger partial charge < -0.3 is 10.1 Å². The van der Waals surface area contributed by atoms with Gasteiger partial charge in [-0.05, 0) is 18.2 Å². The molecule has 2 heterocycles. The summed E-state index contributed by atoms with van der Waals surface area (Å²) >= 11 is 7.53. The lowest BCUT2D eigenvalue weighted by Gasteiger charge is -2.09. The number of fused-ring (bicyclic) bond motifs is 1. The molecule has 1 aromatic carbocycles. The van der Waals surface area contributed by atoms with Gasteiger partial charge in [0.1, 0.15) is 5.75 Å². The monoisotopic (exact) mass is 279 g/mol. The van der Waals surface area contributed by atoms with E-state index in [4.69, 9.17) is 16.3 Å². The van der Waals surface area contributed by atoms with Gasteiger partial charge in [0.2, 0.25) is 0 Å². The third kappa shape index (κ3) is 2.53. The molecule has 1 aliphatic heterocycles. The maximum Gasteiger partial charge on any atom is 0.122 e. The van der Waals surface area contributed by atoms with E-state index >= 15 is 0 Å². The fourth-order valence-electron chi connectivity index (χ4n) is 2.21. The second kappa shape index (κ2) is 5.31. The van der Waals surface area contributed by atoms with Crippen molar-refractivity contribution >= 4 is 22.9 Å². The van der Waals surface area contributed by atoms with Gasteiger partial charge in [-0.3, -0.25) is 0 Å². The summed E-state index contributed by atoms with van der Waals surface area (Å²) in [6, 6.07) is 12.3. The zero-order valence-corrected chi connectivity index (χ0v) is 11.4. The van der Waals surface area contributed by atoms with Crippen molar-refractivity contribution in [1.82, 2.24) is 5.32 Å². The van der Waals surface area contributed by atoms with E-state index in [1.165, 1.54) is 10.4 Å². The average molecular weight is 280 g/mol. The maximum atomic E-state index is 5.90. The third-order valence-corrected chi connectivity index (χ3v) is 4.35. The molecule has 2 nitrogen and oxygen atoms in total. The van der Waals surface area contributed by atoms with Crippen molar-refractivity contribution in [3.05, 3.63) is 51.2 Å². The Labute approximate surface area is 116 Å². The van der Waals surface area contributed by atoms with Crippen LogP contribution in [0.25, 0.3) is 0 Å². The maximum absolute atomic E-state index is 5.90. The van der Waals surface area contributed by atoms with Gasteiger partial charge in [-0.25, -0.2) is 0 Å². The third-order valence-electron chi connectivity index (χ3n) is 3.12. The van der Waals surface area contributed by atoms with E-state index in [9.17, 15) is 0 Å². The van der Waals surface area contributed by atoms with Crippen LogP contribution in [0.5, 0.6) is 5.75 Å². The SMILES string of the molecule is Clc1ccc(CNCC2COc3ccccc32)s1. The van der Waals surface area contributed by atoms with Crippen LogP contribution < -0.4 is 10.1 Å². The van der Waals surface area contributed by atoms with Crippen LogP contribution in [0.2, 0.25) is 4.34 Å². The predicted octanol–water partition coefficient (Wildman–Crippen LogP) is 3.67. The molecule has 0 spiro atoms. The molecule has 1 aliphatic rings. The molecule has 0 radical (unpaired) electrons. The molecular weight excluding hydrogens is 266 g/mol. The molecule has 18 heavy (non-hydrogen) atoms. The second-order valence-corrected chi connectivity index (χ2v) is 6.18. The van der Waals surface area contributed by atoms with E-state index in [1.807, 2.05) is 18.2 Å². The van der Waals surface area contributed by atoms with Crippen molar-refractivity contribution in [1.29, 1.82) is 0 Å². The van der Waals surface area contributed by atoms with Crippen molar-refractivity contribution < 1.29 is 4.74 Å². The Balaban J connectivity index is 1.56. The molecule has 1 atom stereocenters. The van der Waals surface area contributed by atoms with Crippen molar-refractivity contribution in [3.8, 4) is 5.75 Å². The summed E-state index contributed by atoms with van der Waals surface area (Å²) in [6.07, 6.45) is 0. The Bertz CT molecular complexity index is 540. The lowest BCUT2D eigenvalue weighted by atomic mass is 10.0. The Kier molecular flexibility index (Phi) is 3.55. The summed E-state index contributed by atoms with van der Waals surface area (Å²) in [5, 5.41) is 3.47. The highest BCUT2D eigenvalue weighted by Gasteiger charge is 2.22. The first-order valence-electron chi connectivity index (χ1n) is 5.99. The van der Waals surface area contributed by atoms with Crippen molar-refractivity contribution in [3.63, 3.8) is 0 Å². The van der Waals surface area contributed by atoms with Crippen LogP contribution in [0.4, 0.5) is 0 Å². The average Bonchev–Trinajstić information content (AvgIpc) is 2.97. The number of benzene rings is 1. The van der Waals surface area contributed by atoms with Crippen molar-refractivity contribution in [2.75, 3.05) is 13.2 Å². The summed E-state index contributed by atoms with van der Waals surface area (Å²) < 4.78 is 6.51. The summed E-state index contributed by atoms with van der Waals surface area (Å²) in [5.41, 5.74) is 1.31. The van der Waals surface area contributed by atoms with Crippen LogP contribution in [0, 0.1) is 0 Å². The van der Waals surface area contributed by atoms with Gasteiger partial charge in [0.05, 0.1) is 10.9 Å². The zero-order chi connectivity index (χ0) is 12.4. The molecule has 0 amide bonds. The normalized spacial score (nSPS) is 17.5. The minimum absolute atomic E-state index is 0.455. The van der Waals surface area contributed by atoms with Crippen LogP contribution in [0.1, 0.15) is 16.4 Å². The van der Waals surface area contributed by atoms with E-state index in [0.29, 0.717) is 5.92 Å². The smallest absolute Gasteiger partial charge is 0.122 e. The standard InChI is InChI=1S/C14H14ClNOS/c15-14-6-5-11(18-14)8-16-7-10-9-17-13-4-2-1-3-12(10)13/h1-6,10,16H,7-9H2. The number of ether oxygens (including phenoxy) is 1. The van der Waals surface area contributed by atoms with Crippen molar-refractivity contribution in [2.24, 2.45) is 0 Å². The van der Waals surface area contributed by atoms with Crippen LogP contribution in [0.15, 0.2) is 36.4 Å². The van der Waals surface area contributed by atoms with Crippen LogP contribution in [-0.4, -0.2) is 13.2 Å². The van der Waals surface area contributed by atoms with Gasteiger partial charge in [0.15, 0.2) is 0 Å². The largest absolute Gasteiger partial charge is 0.493 e. The minimum atomic E-state index is 0.455. The number of halogens is 1. The Morgan fingerprint density at radius 2 is 2.17 bits per heavy atom. The molecule has 4 heteroatoms. The first-order chi connectivity index (χ1) is 8.83. The molecular formula is C14H14ClNOS. The van der Waals surface area contributed by atoms with E-state index in [2.05, 4.69) is 23.5 Å². The van der Waals surface area contributed by atoms with Gasteiger partial charge in [0.25, 0.3) is 0 Å². The number of rotatable bonds is 4. The van der Waals surface area contributed by atoms with Crippen molar-refractivity contribution in [2.45, 2.75) is 12.5 Å². The van der Waals surface area contributed by atoms with Crippen LogP contribution >= 0.6 is 22.9 Å². The first-order valence-corrected chi connectivity index (χ1v) is 7.19. The molecule has 2 aromatic rings. The Hall–Kier alpha value is -1.03. The molecule has 0 saturated carbocycles. The van der Waals surface area contributed by atoms with Gasteiger partial charge in [0, 0.05) is 29.4 Å². The molecule has 94 valence electrons. The lowest BCUT2D eigenvalue weighted by molar-refractivity contribution is 0.326. The fraction of sp³-hybridized carbons (Fsp3) is 0.286. The molecule has 0 bridgehead atoms. The molecule has 0 fully saturated rings. The summed E-state index contributed by atoms with van der Waals surface area (Å²) in [7, 11) is 0. The van der Waals surface area contributed by atoms with E-state index in [0.717, 1.165) is 29.8 Å². The zero-order valence-electron chi connectivity index (χ0n) is 9.86. The van der Waals surface area contributed by atoms with E-state index < -0.39 is 0 Å². The summed E-state index contributed by atoms with van der Waals surface area (Å²) in [5.74, 6) is 1.49. The number of thiophene rings is 1. The summed E-state index contributed by atoms with van der Waals surface area (Å²) in [6.45, 7) is 2.58. The summed E-state index contributed by atoms with van der Waals surface area (Å²) in [4.78, 5) is 1.27. The molecule has 0 aliphatic carbocycles. The molecule has 0 saturated heterocycles. The topological polar surface area (TPSA) is 21.3 Å². The highest BCUT2D eigenvalue weighted by molar-refractivity contribution is 7.16. The Morgan fingerprint density at radius 3 is 3.00 bits per heavy atom. The molecule has 1 N–H and O–H groups in total. The van der Waals surface area contributed by atoms with Gasteiger partial charge in [-0.1, -0.05) is 29.8 Å². The quantitative estimate of drug-likeness (QED) is 0.922. The molecule has 3 rings (SSSR count). The van der Waals surface area contributed by atoms with E-state index in [-0.39, 0.29) is 0 Å². The molecule has 1 unspecified atom stereocenters. The Morgan fingerprint density at radius 1 is 1.28 bits per heavy atom. The van der Waals surface area contributed by atoms with Gasteiger partial charge in [-0.2, -0.15) is 0 Å². The number of hydrogen-bond donors (Lipinski definition) is 1. The number of nitrogens with one attached hydrogen (secondary N) is 1. The van der Waals surface area contributed by atoms with Crippen LogP contribution in [-0.2, 0) is 6.54 Å². The van der Waals surface area contributed by atoms with E-state index in [1.54, 1.807) is 11.3 Å². The minimum Gasteiger partial charge on any atom is -0.493 e. The number of para-hydroxylation sites is 1. The molecule has 1 aromatic heterocycles. The second-order valence-electron chi connectivity index (χ2n) is 4.38. The number of hydrogen-bond acceptors (Lipinski definition) is 3. The van der Waals surface area contributed by atoms with Gasteiger partial charge >= 0.3 is 0 Å².